The van der Waals surface area contributed by atoms with E-state index in [4.69, 9.17) is 11.6 Å². The third-order valence-corrected chi connectivity index (χ3v) is 3.49. The summed E-state index contributed by atoms with van der Waals surface area (Å²) in [6.45, 7) is -0.232. The molecule has 0 aliphatic rings. The third kappa shape index (κ3) is 3.47. The highest BCUT2D eigenvalue weighted by molar-refractivity contribution is 9.10. The van der Waals surface area contributed by atoms with Gasteiger partial charge in [0.2, 0.25) is 0 Å². The van der Waals surface area contributed by atoms with E-state index in [1.54, 1.807) is 12.1 Å². The molecule has 0 aromatic heterocycles. The fourth-order valence-electron chi connectivity index (χ4n) is 1.79. The number of hydrogen-bond donors (Lipinski definition) is 2. The minimum atomic E-state index is -0.548. The molecule has 100 valence electrons. The van der Waals surface area contributed by atoms with Gasteiger partial charge in [0.1, 0.15) is 5.82 Å². The van der Waals surface area contributed by atoms with Crippen LogP contribution in [0.4, 0.5) is 10.1 Å². The lowest BCUT2D eigenvalue weighted by atomic mass is 10.1. The van der Waals surface area contributed by atoms with E-state index in [1.807, 2.05) is 24.3 Å². The predicted molar refractivity (Wildman–Crippen MR) is 79.0 cm³/mol. The Hall–Kier alpha value is -1.10. The van der Waals surface area contributed by atoms with Crippen LogP contribution in [0.3, 0.4) is 0 Å². The SMILES string of the molecule is OCC(Nc1cccc(Br)c1)c1cccc(Cl)c1F. The maximum absolute atomic E-state index is 13.9. The molecule has 0 aliphatic heterocycles. The van der Waals surface area contributed by atoms with Crippen molar-refractivity contribution in [3.05, 3.63) is 63.3 Å². The second-order valence-electron chi connectivity index (χ2n) is 4.03. The van der Waals surface area contributed by atoms with Crippen molar-refractivity contribution < 1.29 is 9.50 Å². The maximum atomic E-state index is 13.9. The lowest BCUT2D eigenvalue weighted by molar-refractivity contribution is 0.274. The molecule has 0 fully saturated rings. The van der Waals surface area contributed by atoms with Crippen molar-refractivity contribution in [3.63, 3.8) is 0 Å². The summed E-state index contributed by atoms with van der Waals surface area (Å²) < 4.78 is 14.8. The van der Waals surface area contributed by atoms with Crippen molar-refractivity contribution >= 4 is 33.2 Å². The van der Waals surface area contributed by atoms with Crippen molar-refractivity contribution in [2.45, 2.75) is 6.04 Å². The van der Waals surface area contributed by atoms with Crippen LogP contribution in [-0.4, -0.2) is 11.7 Å². The number of aliphatic hydroxyl groups excluding tert-OH is 1. The van der Waals surface area contributed by atoms with E-state index in [2.05, 4.69) is 21.2 Å². The zero-order valence-corrected chi connectivity index (χ0v) is 12.2. The molecule has 0 amide bonds. The molecule has 2 aromatic carbocycles. The Morgan fingerprint density at radius 1 is 1.26 bits per heavy atom. The molecule has 2 aromatic rings. The van der Waals surface area contributed by atoms with Gasteiger partial charge in [-0.1, -0.05) is 45.7 Å². The molecular weight excluding hydrogens is 333 g/mol. The first kappa shape index (κ1) is 14.3. The first-order valence-corrected chi connectivity index (χ1v) is 6.86. The van der Waals surface area contributed by atoms with Crippen molar-refractivity contribution in [2.75, 3.05) is 11.9 Å². The van der Waals surface area contributed by atoms with Gasteiger partial charge in [0, 0.05) is 15.7 Å². The normalized spacial score (nSPS) is 12.2. The van der Waals surface area contributed by atoms with Gasteiger partial charge < -0.3 is 10.4 Å². The summed E-state index contributed by atoms with van der Waals surface area (Å²) >= 11 is 9.11. The Bertz CT molecular complexity index is 579. The number of benzene rings is 2. The smallest absolute Gasteiger partial charge is 0.147 e. The average molecular weight is 345 g/mol. The first-order chi connectivity index (χ1) is 9.11. The van der Waals surface area contributed by atoms with Crippen LogP contribution in [0.15, 0.2) is 46.9 Å². The van der Waals surface area contributed by atoms with E-state index in [0.29, 0.717) is 5.56 Å². The van der Waals surface area contributed by atoms with E-state index in [-0.39, 0.29) is 11.6 Å². The van der Waals surface area contributed by atoms with Gasteiger partial charge in [-0.15, -0.1) is 0 Å². The quantitative estimate of drug-likeness (QED) is 0.862. The number of rotatable bonds is 4. The highest BCUT2D eigenvalue weighted by Gasteiger charge is 2.16. The van der Waals surface area contributed by atoms with Gasteiger partial charge in [-0.05, 0) is 24.3 Å². The molecule has 0 spiro atoms. The van der Waals surface area contributed by atoms with Gasteiger partial charge in [-0.25, -0.2) is 4.39 Å². The van der Waals surface area contributed by atoms with Crippen molar-refractivity contribution in [2.24, 2.45) is 0 Å². The molecule has 0 radical (unpaired) electrons. The molecule has 19 heavy (non-hydrogen) atoms. The highest BCUT2D eigenvalue weighted by Crippen LogP contribution is 2.27. The minimum Gasteiger partial charge on any atom is -0.394 e. The van der Waals surface area contributed by atoms with Gasteiger partial charge in [0.25, 0.3) is 0 Å². The van der Waals surface area contributed by atoms with Gasteiger partial charge in [0.15, 0.2) is 0 Å². The van der Waals surface area contributed by atoms with E-state index in [9.17, 15) is 9.50 Å². The molecule has 0 aliphatic carbocycles. The number of nitrogens with one attached hydrogen (secondary N) is 1. The zero-order valence-electron chi connectivity index (χ0n) is 9.91. The summed E-state index contributed by atoms with van der Waals surface area (Å²) in [5, 5.41) is 12.6. The van der Waals surface area contributed by atoms with Gasteiger partial charge in [-0.3, -0.25) is 0 Å². The van der Waals surface area contributed by atoms with Crippen molar-refractivity contribution in [1.29, 1.82) is 0 Å². The van der Waals surface area contributed by atoms with Crippen LogP contribution in [0, 0.1) is 5.82 Å². The standard InChI is InChI=1S/C14H12BrClFNO/c15-9-3-1-4-10(7-9)18-13(8-19)11-5-2-6-12(16)14(11)17/h1-7,13,18-19H,8H2. The van der Waals surface area contributed by atoms with E-state index in [0.717, 1.165) is 10.2 Å². The Balaban J connectivity index is 2.28. The topological polar surface area (TPSA) is 32.3 Å². The molecule has 2 nitrogen and oxygen atoms in total. The minimum absolute atomic E-state index is 0.0481. The fourth-order valence-corrected chi connectivity index (χ4v) is 2.37. The Morgan fingerprint density at radius 2 is 2.00 bits per heavy atom. The zero-order chi connectivity index (χ0) is 13.8. The number of hydrogen-bond acceptors (Lipinski definition) is 2. The molecular formula is C14H12BrClFNO. The van der Waals surface area contributed by atoms with Crippen molar-refractivity contribution in [3.8, 4) is 0 Å². The largest absolute Gasteiger partial charge is 0.394 e. The van der Waals surface area contributed by atoms with Crippen LogP contribution in [0.25, 0.3) is 0 Å². The van der Waals surface area contributed by atoms with Gasteiger partial charge in [0.05, 0.1) is 17.7 Å². The van der Waals surface area contributed by atoms with Crippen LogP contribution in [0.2, 0.25) is 5.02 Å². The maximum Gasteiger partial charge on any atom is 0.147 e. The van der Waals surface area contributed by atoms with Crippen LogP contribution >= 0.6 is 27.5 Å². The Morgan fingerprint density at radius 3 is 2.68 bits per heavy atom. The molecule has 5 heteroatoms. The van der Waals surface area contributed by atoms with E-state index in [1.165, 1.54) is 6.07 Å². The molecule has 0 bridgehead atoms. The summed E-state index contributed by atoms with van der Waals surface area (Å²) in [4.78, 5) is 0. The number of aliphatic hydroxyl groups is 1. The first-order valence-electron chi connectivity index (χ1n) is 5.68. The van der Waals surface area contributed by atoms with Crippen LogP contribution in [0.1, 0.15) is 11.6 Å². The predicted octanol–water partition coefficient (Wildman–Crippen LogP) is 4.39. The van der Waals surface area contributed by atoms with Crippen molar-refractivity contribution in [1.82, 2.24) is 0 Å². The molecule has 2 N–H and O–H groups in total. The number of halogens is 3. The van der Waals surface area contributed by atoms with E-state index < -0.39 is 11.9 Å². The molecule has 0 saturated carbocycles. The van der Waals surface area contributed by atoms with Crippen LogP contribution < -0.4 is 5.32 Å². The molecule has 1 atom stereocenters. The molecule has 1 unspecified atom stereocenters. The summed E-state index contributed by atoms with van der Waals surface area (Å²) in [7, 11) is 0. The van der Waals surface area contributed by atoms with Crippen LogP contribution in [-0.2, 0) is 0 Å². The lowest BCUT2D eigenvalue weighted by Gasteiger charge is -2.19. The second kappa shape index (κ2) is 6.37. The highest BCUT2D eigenvalue weighted by atomic mass is 79.9. The summed E-state index contributed by atoms with van der Waals surface area (Å²) in [6, 6.07) is 11.6. The summed E-state index contributed by atoms with van der Waals surface area (Å²) in [5.41, 5.74) is 1.13. The Labute approximate surface area is 124 Å². The molecule has 0 heterocycles. The summed E-state index contributed by atoms with van der Waals surface area (Å²) in [5.74, 6) is -0.509. The second-order valence-corrected chi connectivity index (χ2v) is 5.36. The van der Waals surface area contributed by atoms with Gasteiger partial charge in [-0.2, -0.15) is 0 Å². The van der Waals surface area contributed by atoms with Crippen LogP contribution in [0.5, 0.6) is 0 Å². The monoisotopic (exact) mass is 343 g/mol. The van der Waals surface area contributed by atoms with Gasteiger partial charge >= 0.3 is 0 Å². The fraction of sp³-hybridized carbons (Fsp3) is 0.143. The lowest BCUT2D eigenvalue weighted by Crippen LogP contribution is -2.16. The summed E-state index contributed by atoms with van der Waals surface area (Å²) in [6.07, 6.45) is 0. The van der Waals surface area contributed by atoms with E-state index >= 15 is 0 Å². The number of anilines is 1. The third-order valence-electron chi connectivity index (χ3n) is 2.70. The Kier molecular flexibility index (Phi) is 4.80. The molecule has 0 saturated heterocycles. The molecule has 2 rings (SSSR count). The average Bonchev–Trinajstić information content (AvgIpc) is 2.40.